The zero-order chi connectivity index (χ0) is 23.1. The number of benzene rings is 3. The molecule has 7 heteroatoms. The van der Waals surface area contributed by atoms with Gasteiger partial charge < -0.3 is 14.8 Å². The van der Waals surface area contributed by atoms with Crippen LogP contribution in [0.1, 0.15) is 17.6 Å². The number of H-pyrrole nitrogens is 2. The lowest BCUT2D eigenvalue weighted by atomic mass is 10.1. The number of para-hydroxylation sites is 1. The second kappa shape index (κ2) is 8.43. The van der Waals surface area contributed by atoms with Gasteiger partial charge in [-0.25, -0.2) is 4.98 Å². The van der Waals surface area contributed by atoms with Gasteiger partial charge in [0.25, 0.3) is 0 Å². The molecule has 1 saturated heterocycles. The number of rotatable bonds is 4. The molecule has 1 atom stereocenters. The Kier molecular flexibility index (Phi) is 5.11. The molecule has 5 aromatic rings. The van der Waals surface area contributed by atoms with Gasteiger partial charge in [0.2, 0.25) is 5.91 Å². The van der Waals surface area contributed by atoms with Crippen LogP contribution < -0.4 is 0 Å². The summed E-state index contributed by atoms with van der Waals surface area (Å²) in [4.78, 5) is 25.9. The van der Waals surface area contributed by atoms with E-state index in [0.717, 1.165) is 46.8 Å². The number of amides is 1. The molecule has 7 nitrogen and oxygen atoms in total. The van der Waals surface area contributed by atoms with E-state index in [0.29, 0.717) is 13.0 Å². The predicted octanol–water partition coefficient (Wildman–Crippen LogP) is 4.16. The first-order valence-electron chi connectivity index (χ1n) is 11.6. The van der Waals surface area contributed by atoms with Gasteiger partial charge >= 0.3 is 0 Å². The summed E-state index contributed by atoms with van der Waals surface area (Å²) < 4.78 is 0. The molecule has 0 radical (unpaired) electrons. The van der Waals surface area contributed by atoms with Crippen molar-refractivity contribution in [3.8, 4) is 11.3 Å². The zero-order valence-corrected chi connectivity index (χ0v) is 19.0. The van der Waals surface area contributed by atoms with Gasteiger partial charge in [-0.05, 0) is 30.0 Å². The summed E-state index contributed by atoms with van der Waals surface area (Å²) in [5.41, 5.74) is 3.78. The Hall–Kier alpha value is -3.97. The van der Waals surface area contributed by atoms with Crippen molar-refractivity contribution in [2.24, 2.45) is 0 Å². The van der Waals surface area contributed by atoms with Crippen molar-refractivity contribution in [1.29, 1.82) is 0 Å². The van der Waals surface area contributed by atoms with E-state index in [1.54, 1.807) is 0 Å². The van der Waals surface area contributed by atoms with Crippen molar-refractivity contribution < 1.29 is 4.79 Å². The number of fused-ring (bicyclic) bond motifs is 2. The SMILES string of the molecule is CN1CCN(C(=O)Cc2[nH]nc3ccccc23)C(c2ncc(-c3ccc4ccccc4c3)[nH]2)C1. The second-order valence-electron chi connectivity index (χ2n) is 9.01. The number of likely N-dealkylation sites (N-methyl/N-ethyl adjacent to an activating group) is 1. The molecule has 6 rings (SSSR count). The number of carbonyl (C=O) groups is 1. The van der Waals surface area contributed by atoms with Gasteiger partial charge in [-0.3, -0.25) is 9.89 Å². The first-order valence-corrected chi connectivity index (χ1v) is 11.6. The average Bonchev–Trinajstić information content (AvgIpc) is 3.52. The third-order valence-corrected chi connectivity index (χ3v) is 6.74. The van der Waals surface area contributed by atoms with Gasteiger partial charge in [0.1, 0.15) is 11.9 Å². The summed E-state index contributed by atoms with van der Waals surface area (Å²) >= 11 is 0. The van der Waals surface area contributed by atoms with E-state index < -0.39 is 0 Å². The molecule has 1 unspecified atom stereocenters. The molecule has 170 valence electrons. The molecule has 3 aromatic carbocycles. The van der Waals surface area contributed by atoms with Crippen LogP contribution in [0.15, 0.2) is 72.9 Å². The van der Waals surface area contributed by atoms with Crippen LogP contribution in [0.25, 0.3) is 32.9 Å². The fraction of sp³-hybridized carbons (Fsp3) is 0.222. The Labute approximate surface area is 197 Å². The van der Waals surface area contributed by atoms with Crippen LogP contribution in [0.2, 0.25) is 0 Å². The molecule has 1 aliphatic heterocycles. The van der Waals surface area contributed by atoms with Crippen molar-refractivity contribution >= 4 is 27.6 Å². The van der Waals surface area contributed by atoms with Crippen LogP contribution >= 0.6 is 0 Å². The number of hydrogen-bond donors (Lipinski definition) is 2. The van der Waals surface area contributed by atoms with Gasteiger partial charge in [-0.1, -0.05) is 54.6 Å². The molecule has 0 saturated carbocycles. The molecule has 1 fully saturated rings. The van der Waals surface area contributed by atoms with Crippen molar-refractivity contribution in [2.75, 3.05) is 26.7 Å². The Morgan fingerprint density at radius 3 is 2.76 bits per heavy atom. The highest BCUT2D eigenvalue weighted by atomic mass is 16.2. The number of nitrogens with one attached hydrogen (secondary N) is 2. The zero-order valence-electron chi connectivity index (χ0n) is 19.0. The summed E-state index contributed by atoms with van der Waals surface area (Å²) in [5.74, 6) is 0.897. The lowest BCUT2D eigenvalue weighted by molar-refractivity contribution is -0.135. The van der Waals surface area contributed by atoms with Gasteiger partial charge in [-0.2, -0.15) is 5.10 Å². The number of nitrogens with zero attached hydrogens (tertiary/aromatic N) is 4. The largest absolute Gasteiger partial charge is 0.340 e. The Morgan fingerprint density at radius 1 is 1.03 bits per heavy atom. The Balaban J connectivity index is 1.28. The van der Waals surface area contributed by atoms with E-state index in [-0.39, 0.29) is 11.9 Å². The van der Waals surface area contributed by atoms with Crippen LogP contribution in [-0.4, -0.2) is 62.6 Å². The maximum absolute atomic E-state index is 13.4. The predicted molar refractivity (Wildman–Crippen MR) is 133 cm³/mol. The van der Waals surface area contributed by atoms with Crippen LogP contribution in [0, 0.1) is 0 Å². The Morgan fingerprint density at radius 2 is 1.85 bits per heavy atom. The summed E-state index contributed by atoms with van der Waals surface area (Å²) in [7, 11) is 2.09. The lowest BCUT2D eigenvalue weighted by Crippen LogP contribution is -2.50. The van der Waals surface area contributed by atoms with E-state index in [4.69, 9.17) is 4.98 Å². The minimum atomic E-state index is -0.130. The number of piperazine rings is 1. The van der Waals surface area contributed by atoms with Gasteiger partial charge in [0, 0.05) is 30.6 Å². The molecule has 3 heterocycles. The first-order chi connectivity index (χ1) is 16.7. The molecular formula is C27H26N6O. The van der Waals surface area contributed by atoms with E-state index in [1.807, 2.05) is 41.4 Å². The minimum absolute atomic E-state index is 0.0798. The average molecular weight is 451 g/mol. The number of carbonyl (C=O) groups excluding carboxylic acids is 1. The van der Waals surface area contributed by atoms with E-state index in [1.165, 1.54) is 10.8 Å². The molecule has 1 amide bonds. The second-order valence-corrected chi connectivity index (χ2v) is 9.01. The lowest BCUT2D eigenvalue weighted by Gasteiger charge is -2.39. The van der Waals surface area contributed by atoms with Gasteiger partial charge in [0.15, 0.2) is 0 Å². The molecule has 2 aromatic heterocycles. The van der Waals surface area contributed by atoms with Crippen molar-refractivity contribution in [3.63, 3.8) is 0 Å². The fourth-order valence-electron chi connectivity index (χ4n) is 4.86. The van der Waals surface area contributed by atoms with Crippen molar-refractivity contribution in [2.45, 2.75) is 12.5 Å². The summed E-state index contributed by atoms with van der Waals surface area (Å²) in [6.07, 6.45) is 2.16. The van der Waals surface area contributed by atoms with Gasteiger partial charge in [-0.15, -0.1) is 0 Å². The standard InChI is InChI=1S/C27H26N6O/c1-32-12-13-33(26(34)15-23-21-8-4-5-9-22(21)30-31-23)25(17-32)27-28-16-24(29-27)20-11-10-18-6-2-3-7-19(18)14-20/h2-11,14,16,25H,12-13,15,17H2,1H3,(H,28,29)(H,30,31). The maximum Gasteiger partial charge on any atom is 0.229 e. The van der Waals surface area contributed by atoms with E-state index >= 15 is 0 Å². The van der Waals surface area contributed by atoms with Crippen molar-refractivity contribution in [3.05, 3.63) is 84.4 Å². The molecule has 0 aliphatic carbocycles. The quantitative estimate of drug-likeness (QED) is 0.431. The van der Waals surface area contributed by atoms with Gasteiger partial charge in [0.05, 0.1) is 29.5 Å². The van der Waals surface area contributed by atoms with E-state index in [9.17, 15) is 4.79 Å². The first kappa shape index (κ1) is 20.6. The molecule has 0 bridgehead atoms. The van der Waals surface area contributed by atoms with Crippen molar-refractivity contribution in [1.82, 2.24) is 30.0 Å². The molecule has 34 heavy (non-hydrogen) atoms. The Bertz CT molecular complexity index is 1480. The van der Waals surface area contributed by atoms with Crippen LogP contribution in [-0.2, 0) is 11.2 Å². The fourth-order valence-corrected chi connectivity index (χ4v) is 4.86. The highest BCUT2D eigenvalue weighted by Crippen LogP contribution is 2.28. The third kappa shape index (κ3) is 3.74. The van der Waals surface area contributed by atoms with E-state index in [2.05, 4.69) is 63.5 Å². The number of aromatic amines is 2. The smallest absolute Gasteiger partial charge is 0.229 e. The highest BCUT2D eigenvalue weighted by molar-refractivity contribution is 5.88. The number of imidazole rings is 1. The summed E-state index contributed by atoms with van der Waals surface area (Å²) in [6.45, 7) is 2.24. The number of aromatic nitrogens is 4. The molecule has 2 N–H and O–H groups in total. The number of hydrogen-bond acceptors (Lipinski definition) is 4. The van der Waals surface area contributed by atoms with Crippen LogP contribution in [0.4, 0.5) is 0 Å². The molecular weight excluding hydrogens is 424 g/mol. The molecule has 1 aliphatic rings. The minimum Gasteiger partial charge on any atom is -0.340 e. The maximum atomic E-state index is 13.4. The normalized spacial score (nSPS) is 17.0. The highest BCUT2D eigenvalue weighted by Gasteiger charge is 2.32. The topological polar surface area (TPSA) is 80.9 Å². The monoisotopic (exact) mass is 450 g/mol. The van der Waals surface area contributed by atoms with Crippen LogP contribution in [0.3, 0.4) is 0 Å². The third-order valence-electron chi connectivity index (χ3n) is 6.74. The summed E-state index contributed by atoms with van der Waals surface area (Å²) in [5, 5.41) is 10.8. The summed E-state index contributed by atoms with van der Waals surface area (Å²) in [6, 6.07) is 22.5. The molecule has 0 spiro atoms. The van der Waals surface area contributed by atoms with Crippen LogP contribution in [0.5, 0.6) is 0 Å².